The van der Waals surface area contributed by atoms with Crippen LogP contribution in [-0.4, -0.2) is 12.6 Å². The Labute approximate surface area is 83.3 Å². The molecule has 0 aromatic heterocycles. The number of hydrogen-bond donors (Lipinski definition) is 1. The summed E-state index contributed by atoms with van der Waals surface area (Å²) >= 11 is 0. The predicted molar refractivity (Wildman–Crippen MR) is 58.9 cm³/mol. The van der Waals surface area contributed by atoms with Crippen molar-refractivity contribution in [2.45, 2.75) is 59.4 Å². The second kappa shape index (κ2) is 4.45. The molecule has 1 aliphatic heterocycles. The van der Waals surface area contributed by atoms with Gasteiger partial charge in [-0.2, -0.15) is 0 Å². The van der Waals surface area contributed by atoms with Crippen LogP contribution in [0.25, 0.3) is 0 Å². The van der Waals surface area contributed by atoms with Crippen LogP contribution in [0.5, 0.6) is 0 Å². The Balaban J connectivity index is 2.51. The Morgan fingerprint density at radius 2 is 2.15 bits per heavy atom. The molecule has 1 heterocycles. The van der Waals surface area contributed by atoms with E-state index in [0.717, 1.165) is 12.0 Å². The number of nitrogens with one attached hydrogen (secondary N) is 1. The quantitative estimate of drug-likeness (QED) is 0.706. The third-order valence-electron chi connectivity index (χ3n) is 3.46. The molecule has 0 saturated carbocycles. The van der Waals surface area contributed by atoms with Crippen LogP contribution in [0.4, 0.5) is 0 Å². The van der Waals surface area contributed by atoms with Crippen molar-refractivity contribution in [2.75, 3.05) is 6.54 Å². The Morgan fingerprint density at radius 3 is 2.69 bits per heavy atom. The van der Waals surface area contributed by atoms with Gasteiger partial charge >= 0.3 is 0 Å². The molecule has 1 heteroatoms. The average Bonchev–Trinajstić information content (AvgIpc) is 2.32. The van der Waals surface area contributed by atoms with Crippen molar-refractivity contribution in [1.82, 2.24) is 5.32 Å². The van der Waals surface area contributed by atoms with Gasteiger partial charge in [-0.3, -0.25) is 0 Å². The molecule has 1 saturated heterocycles. The van der Waals surface area contributed by atoms with Crippen LogP contribution < -0.4 is 5.32 Å². The Kier molecular flexibility index (Phi) is 3.78. The van der Waals surface area contributed by atoms with Gasteiger partial charge in [-0.25, -0.2) is 0 Å². The summed E-state index contributed by atoms with van der Waals surface area (Å²) in [5, 5.41) is 3.66. The molecular weight excluding hydrogens is 158 g/mol. The summed E-state index contributed by atoms with van der Waals surface area (Å²) in [6.45, 7) is 10.6. The Bertz CT molecular complexity index is 153. The summed E-state index contributed by atoms with van der Waals surface area (Å²) in [6.07, 6.45) is 5.43. The smallest absolute Gasteiger partial charge is 0.0124 e. The lowest BCUT2D eigenvalue weighted by Crippen LogP contribution is -2.35. The van der Waals surface area contributed by atoms with Gasteiger partial charge in [0.1, 0.15) is 0 Å². The monoisotopic (exact) mass is 183 g/mol. The molecule has 1 aliphatic rings. The third kappa shape index (κ3) is 2.70. The second-order valence-electron chi connectivity index (χ2n) is 5.29. The molecular formula is C12H25N. The second-order valence-corrected chi connectivity index (χ2v) is 5.29. The SMILES string of the molecule is CCCC1(C)CCNC1CC(C)C. The van der Waals surface area contributed by atoms with Gasteiger partial charge in [-0.05, 0) is 37.1 Å². The lowest BCUT2D eigenvalue weighted by molar-refractivity contribution is 0.227. The highest BCUT2D eigenvalue weighted by Gasteiger charge is 2.37. The van der Waals surface area contributed by atoms with E-state index in [1.165, 1.54) is 32.2 Å². The van der Waals surface area contributed by atoms with Crippen molar-refractivity contribution >= 4 is 0 Å². The summed E-state index contributed by atoms with van der Waals surface area (Å²) in [5.74, 6) is 0.826. The van der Waals surface area contributed by atoms with E-state index < -0.39 is 0 Å². The fourth-order valence-electron chi connectivity index (χ4n) is 2.66. The largest absolute Gasteiger partial charge is 0.313 e. The zero-order valence-corrected chi connectivity index (χ0v) is 9.69. The highest BCUT2D eigenvalue weighted by atomic mass is 15.0. The van der Waals surface area contributed by atoms with Gasteiger partial charge < -0.3 is 5.32 Å². The Morgan fingerprint density at radius 1 is 1.46 bits per heavy atom. The molecule has 0 spiro atoms. The predicted octanol–water partition coefficient (Wildman–Crippen LogP) is 3.20. The molecule has 13 heavy (non-hydrogen) atoms. The maximum atomic E-state index is 3.66. The first kappa shape index (κ1) is 11.0. The van der Waals surface area contributed by atoms with Gasteiger partial charge in [0.05, 0.1) is 0 Å². The first-order chi connectivity index (χ1) is 6.08. The van der Waals surface area contributed by atoms with Crippen LogP contribution in [0.1, 0.15) is 53.4 Å². The molecule has 78 valence electrons. The topological polar surface area (TPSA) is 12.0 Å². The van der Waals surface area contributed by atoms with E-state index in [9.17, 15) is 0 Å². The normalized spacial score (nSPS) is 34.4. The molecule has 0 aromatic carbocycles. The molecule has 0 amide bonds. The van der Waals surface area contributed by atoms with Gasteiger partial charge in [-0.15, -0.1) is 0 Å². The minimum absolute atomic E-state index is 0.582. The highest BCUT2D eigenvalue weighted by Crippen LogP contribution is 2.38. The minimum Gasteiger partial charge on any atom is -0.313 e. The molecule has 1 rings (SSSR count). The molecule has 1 fully saturated rings. The number of rotatable bonds is 4. The maximum Gasteiger partial charge on any atom is 0.0124 e. The van der Waals surface area contributed by atoms with Gasteiger partial charge in [0, 0.05) is 6.04 Å². The number of hydrogen-bond acceptors (Lipinski definition) is 1. The van der Waals surface area contributed by atoms with Gasteiger partial charge in [0.15, 0.2) is 0 Å². The lowest BCUT2D eigenvalue weighted by Gasteiger charge is -2.32. The van der Waals surface area contributed by atoms with E-state index in [1.54, 1.807) is 0 Å². The van der Waals surface area contributed by atoms with Crippen LogP contribution in [0.3, 0.4) is 0 Å². The average molecular weight is 183 g/mol. The maximum absolute atomic E-state index is 3.66. The zero-order valence-electron chi connectivity index (χ0n) is 9.69. The van der Waals surface area contributed by atoms with Crippen LogP contribution >= 0.6 is 0 Å². The Hall–Kier alpha value is -0.0400. The lowest BCUT2D eigenvalue weighted by atomic mass is 9.76. The van der Waals surface area contributed by atoms with Crippen molar-refractivity contribution < 1.29 is 0 Å². The standard InChI is InChI=1S/C12H25N/c1-5-6-12(4)7-8-13-11(12)9-10(2)3/h10-11,13H,5-9H2,1-4H3. The van der Waals surface area contributed by atoms with E-state index in [-0.39, 0.29) is 0 Å². The molecule has 1 N–H and O–H groups in total. The molecule has 0 bridgehead atoms. The highest BCUT2D eigenvalue weighted by molar-refractivity contribution is 4.93. The van der Waals surface area contributed by atoms with E-state index in [2.05, 4.69) is 33.0 Å². The summed E-state index contributed by atoms with van der Waals surface area (Å²) in [7, 11) is 0. The van der Waals surface area contributed by atoms with Crippen molar-refractivity contribution in [3.8, 4) is 0 Å². The summed E-state index contributed by atoms with van der Waals surface area (Å²) < 4.78 is 0. The van der Waals surface area contributed by atoms with Gasteiger partial charge in [0.2, 0.25) is 0 Å². The third-order valence-corrected chi connectivity index (χ3v) is 3.46. The summed E-state index contributed by atoms with van der Waals surface area (Å²) in [4.78, 5) is 0. The molecule has 0 aliphatic carbocycles. The van der Waals surface area contributed by atoms with E-state index in [1.807, 2.05) is 0 Å². The van der Waals surface area contributed by atoms with Crippen molar-refractivity contribution in [3.05, 3.63) is 0 Å². The van der Waals surface area contributed by atoms with Crippen molar-refractivity contribution in [1.29, 1.82) is 0 Å². The zero-order chi connectivity index (χ0) is 9.90. The van der Waals surface area contributed by atoms with Crippen LogP contribution in [0, 0.1) is 11.3 Å². The van der Waals surface area contributed by atoms with E-state index >= 15 is 0 Å². The molecule has 0 aromatic rings. The molecule has 2 atom stereocenters. The van der Waals surface area contributed by atoms with Crippen molar-refractivity contribution in [2.24, 2.45) is 11.3 Å². The summed E-state index contributed by atoms with van der Waals surface area (Å²) in [5.41, 5.74) is 0.582. The minimum atomic E-state index is 0.582. The van der Waals surface area contributed by atoms with Gasteiger partial charge in [0.25, 0.3) is 0 Å². The van der Waals surface area contributed by atoms with E-state index in [4.69, 9.17) is 0 Å². The molecule has 2 unspecified atom stereocenters. The first-order valence-electron chi connectivity index (χ1n) is 5.82. The van der Waals surface area contributed by atoms with Crippen molar-refractivity contribution in [3.63, 3.8) is 0 Å². The van der Waals surface area contributed by atoms with E-state index in [0.29, 0.717) is 5.41 Å². The first-order valence-corrected chi connectivity index (χ1v) is 5.82. The fraction of sp³-hybridized carbons (Fsp3) is 1.00. The van der Waals surface area contributed by atoms with Crippen LogP contribution in [-0.2, 0) is 0 Å². The van der Waals surface area contributed by atoms with Crippen LogP contribution in [0.15, 0.2) is 0 Å². The van der Waals surface area contributed by atoms with Gasteiger partial charge in [-0.1, -0.05) is 34.1 Å². The molecule has 1 nitrogen and oxygen atoms in total. The summed E-state index contributed by atoms with van der Waals surface area (Å²) in [6, 6.07) is 0.771. The molecule has 0 radical (unpaired) electrons. The van der Waals surface area contributed by atoms with Crippen LogP contribution in [0.2, 0.25) is 0 Å². The fourth-order valence-corrected chi connectivity index (χ4v) is 2.66.